The summed E-state index contributed by atoms with van der Waals surface area (Å²) in [6.45, 7) is 5.11. The molecule has 1 N–H and O–H groups in total. The molecule has 24 heavy (non-hydrogen) atoms. The number of carbonyl (C=O) groups excluding carboxylic acids is 1. The highest BCUT2D eigenvalue weighted by Gasteiger charge is 2.27. The van der Waals surface area contributed by atoms with Gasteiger partial charge in [-0.1, -0.05) is 13.8 Å². The van der Waals surface area contributed by atoms with Crippen molar-refractivity contribution in [2.45, 2.75) is 39.2 Å². The lowest BCUT2D eigenvalue weighted by molar-refractivity contribution is -0.384. The predicted molar refractivity (Wildman–Crippen MR) is 89.0 cm³/mol. The predicted octanol–water partition coefficient (Wildman–Crippen LogP) is 1.98. The van der Waals surface area contributed by atoms with Crippen LogP contribution in [0.3, 0.4) is 0 Å². The van der Waals surface area contributed by atoms with E-state index in [9.17, 15) is 14.9 Å². The Balaban J connectivity index is 2.23. The lowest BCUT2D eigenvalue weighted by atomic mass is 10.2. The Labute approximate surface area is 140 Å². The van der Waals surface area contributed by atoms with E-state index in [4.69, 9.17) is 0 Å². The molecule has 0 aromatic carbocycles. The Hall–Kier alpha value is -2.45. The summed E-state index contributed by atoms with van der Waals surface area (Å²) in [7, 11) is 1.34. The van der Waals surface area contributed by atoms with E-state index in [1.165, 1.54) is 13.3 Å². The minimum Gasteiger partial charge on any atom is -0.469 e. The first-order valence-electron chi connectivity index (χ1n) is 8.00. The van der Waals surface area contributed by atoms with Gasteiger partial charge in [-0.3, -0.25) is 14.9 Å². The number of nitrogens with zero attached hydrogens (tertiary/aromatic N) is 4. The SMILES string of the molecule is COC(=O)CCN(CC(C)C)c1ncc([N+](=O)[O-])c(NC2CC2)n1. The van der Waals surface area contributed by atoms with Gasteiger partial charge in [-0.25, -0.2) is 4.98 Å². The standard InChI is InChI=1S/C15H23N5O4/c1-10(2)9-19(7-6-13(21)24-3)15-16-8-12(20(22)23)14(18-15)17-11-4-5-11/h8,10-11H,4-7,9H2,1-3H3,(H,16,17,18). The van der Waals surface area contributed by atoms with Crippen LogP contribution in [-0.2, 0) is 9.53 Å². The molecule has 1 aliphatic rings. The zero-order valence-electron chi connectivity index (χ0n) is 14.2. The highest BCUT2D eigenvalue weighted by molar-refractivity contribution is 5.70. The molecular weight excluding hydrogens is 314 g/mol. The second-order valence-corrected chi connectivity index (χ2v) is 6.25. The summed E-state index contributed by atoms with van der Waals surface area (Å²) in [4.78, 5) is 32.4. The fraction of sp³-hybridized carbons (Fsp3) is 0.667. The first-order valence-corrected chi connectivity index (χ1v) is 8.00. The largest absolute Gasteiger partial charge is 0.469 e. The highest BCUT2D eigenvalue weighted by atomic mass is 16.6. The van der Waals surface area contributed by atoms with Gasteiger partial charge in [-0.05, 0) is 18.8 Å². The molecule has 1 aliphatic carbocycles. The molecule has 0 saturated heterocycles. The van der Waals surface area contributed by atoms with Crippen LogP contribution in [0.15, 0.2) is 6.20 Å². The van der Waals surface area contributed by atoms with Crippen molar-refractivity contribution in [1.29, 1.82) is 0 Å². The van der Waals surface area contributed by atoms with Crippen LogP contribution in [0.2, 0.25) is 0 Å². The molecule has 0 atom stereocenters. The van der Waals surface area contributed by atoms with Crippen LogP contribution < -0.4 is 10.2 Å². The van der Waals surface area contributed by atoms with Crippen molar-refractivity contribution in [3.63, 3.8) is 0 Å². The van der Waals surface area contributed by atoms with Gasteiger partial charge in [0.1, 0.15) is 6.20 Å². The van der Waals surface area contributed by atoms with Gasteiger partial charge in [0.05, 0.1) is 18.5 Å². The molecule has 1 fully saturated rings. The Morgan fingerprint density at radius 3 is 2.79 bits per heavy atom. The van der Waals surface area contributed by atoms with E-state index < -0.39 is 4.92 Å². The van der Waals surface area contributed by atoms with E-state index in [-0.39, 0.29) is 29.9 Å². The number of ether oxygens (including phenoxy) is 1. The first-order chi connectivity index (χ1) is 11.4. The minimum atomic E-state index is -0.490. The summed E-state index contributed by atoms with van der Waals surface area (Å²) in [5.74, 6) is 0.615. The summed E-state index contributed by atoms with van der Waals surface area (Å²) in [6.07, 6.45) is 3.39. The lowest BCUT2D eigenvalue weighted by Gasteiger charge is -2.24. The van der Waals surface area contributed by atoms with Crippen molar-refractivity contribution in [3.05, 3.63) is 16.3 Å². The van der Waals surface area contributed by atoms with Gasteiger partial charge in [0.2, 0.25) is 11.8 Å². The van der Waals surface area contributed by atoms with Crippen LogP contribution in [0.1, 0.15) is 33.1 Å². The smallest absolute Gasteiger partial charge is 0.329 e. The van der Waals surface area contributed by atoms with Crippen LogP contribution in [-0.4, -0.2) is 47.1 Å². The maximum atomic E-state index is 11.4. The fourth-order valence-corrected chi connectivity index (χ4v) is 2.22. The van der Waals surface area contributed by atoms with E-state index in [0.29, 0.717) is 25.0 Å². The number of esters is 1. The van der Waals surface area contributed by atoms with Crippen LogP contribution in [0.5, 0.6) is 0 Å². The quantitative estimate of drug-likeness (QED) is 0.414. The zero-order chi connectivity index (χ0) is 17.7. The number of carbonyl (C=O) groups is 1. The van der Waals surface area contributed by atoms with Crippen molar-refractivity contribution >= 4 is 23.4 Å². The molecule has 0 radical (unpaired) electrons. The number of hydrogen-bond acceptors (Lipinski definition) is 8. The maximum Gasteiger partial charge on any atom is 0.329 e. The zero-order valence-corrected chi connectivity index (χ0v) is 14.2. The monoisotopic (exact) mass is 337 g/mol. The topological polar surface area (TPSA) is 110 Å². The molecule has 0 unspecified atom stereocenters. The van der Waals surface area contributed by atoms with Gasteiger partial charge in [0.25, 0.3) is 0 Å². The molecule has 1 heterocycles. The molecule has 0 bridgehead atoms. The first kappa shape index (κ1) is 17.9. The maximum absolute atomic E-state index is 11.4. The van der Waals surface area contributed by atoms with Gasteiger partial charge < -0.3 is 15.0 Å². The van der Waals surface area contributed by atoms with Crippen molar-refractivity contribution in [2.24, 2.45) is 5.92 Å². The van der Waals surface area contributed by atoms with Crippen molar-refractivity contribution < 1.29 is 14.5 Å². The van der Waals surface area contributed by atoms with E-state index in [0.717, 1.165) is 12.8 Å². The molecule has 0 amide bonds. The Morgan fingerprint density at radius 2 is 2.25 bits per heavy atom. The Kier molecular flexibility index (Phi) is 5.88. The van der Waals surface area contributed by atoms with E-state index in [2.05, 4.69) is 20.0 Å². The molecule has 0 spiro atoms. The van der Waals surface area contributed by atoms with Crippen LogP contribution >= 0.6 is 0 Å². The van der Waals surface area contributed by atoms with Crippen LogP contribution in [0.4, 0.5) is 17.5 Å². The third kappa shape index (κ3) is 5.04. The molecule has 1 aromatic rings. The van der Waals surface area contributed by atoms with Gasteiger partial charge in [0, 0.05) is 19.1 Å². The number of rotatable bonds is 9. The number of hydrogen-bond donors (Lipinski definition) is 1. The summed E-state index contributed by atoms with van der Waals surface area (Å²) in [6, 6.07) is 0.236. The Bertz CT molecular complexity index is 604. The van der Waals surface area contributed by atoms with Gasteiger partial charge in [-0.15, -0.1) is 0 Å². The van der Waals surface area contributed by atoms with E-state index in [1.54, 1.807) is 0 Å². The summed E-state index contributed by atoms with van der Waals surface area (Å²) < 4.78 is 4.67. The number of anilines is 2. The third-order valence-electron chi connectivity index (χ3n) is 3.55. The minimum absolute atomic E-state index is 0.136. The van der Waals surface area contributed by atoms with Crippen molar-refractivity contribution in [1.82, 2.24) is 9.97 Å². The number of methoxy groups -OCH3 is 1. The molecule has 1 saturated carbocycles. The van der Waals surface area contributed by atoms with E-state index >= 15 is 0 Å². The lowest BCUT2D eigenvalue weighted by Crippen LogP contribution is -2.32. The fourth-order valence-electron chi connectivity index (χ4n) is 2.22. The average Bonchev–Trinajstić information content (AvgIpc) is 3.34. The van der Waals surface area contributed by atoms with E-state index in [1.807, 2.05) is 18.7 Å². The second-order valence-electron chi connectivity index (χ2n) is 6.25. The van der Waals surface area contributed by atoms with Crippen molar-refractivity contribution in [3.8, 4) is 0 Å². The average molecular weight is 337 g/mol. The summed E-state index contributed by atoms with van der Waals surface area (Å²) >= 11 is 0. The normalized spacial score (nSPS) is 13.7. The molecule has 9 nitrogen and oxygen atoms in total. The highest BCUT2D eigenvalue weighted by Crippen LogP contribution is 2.30. The molecule has 1 aromatic heterocycles. The molecule has 0 aliphatic heterocycles. The van der Waals surface area contributed by atoms with Crippen LogP contribution in [0, 0.1) is 16.0 Å². The molecule has 2 rings (SSSR count). The molecular formula is C15H23N5O4. The van der Waals surface area contributed by atoms with Gasteiger partial charge in [0.15, 0.2) is 0 Å². The Morgan fingerprint density at radius 1 is 1.54 bits per heavy atom. The third-order valence-corrected chi connectivity index (χ3v) is 3.55. The summed E-state index contributed by atoms with van der Waals surface area (Å²) in [5.41, 5.74) is -0.136. The molecule has 9 heteroatoms. The number of aromatic nitrogens is 2. The number of nitro groups is 1. The van der Waals surface area contributed by atoms with Crippen LogP contribution in [0.25, 0.3) is 0 Å². The van der Waals surface area contributed by atoms with Gasteiger partial charge in [-0.2, -0.15) is 4.98 Å². The molecule has 132 valence electrons. The van der Waals surface area contributed by atoms with Gasteiger partial charge >= 0.3 is 11.7 Å². The van der Waals surface area contributed by atoms with Crippen molar-refractivity contribution in [2.75, 3.05) is 30.4 Å². The second kappa shape index (κ2) is 7.89. The summed E-state index contributed by atoms with van der Waals surface area (Å²) in [5, 5.41) is 14.2. The number of nitrogens with one attached hydrogen (secondary N) is 1.